The van der Waals surface area contributed by atoms with Crippen molar-refractivity contribution in [2.45, 2.75) is 88.8 Å². The summed E-state index contributed by atoms with van der Waals surface area (Å²) >= 11 is 0. The van der Waals surface area contributed by atoms with Gasteiger partial charge in [-0.1, -0.05) is 31.0 Å². The van der Waals surface area contributed by atoms with Gasteiger partial charge in [-0.2, -0.15) is 22.0 Å². The number of phenolic OH excluding ortho intramolecular Hbond substituents is 2. The Labute approximate surface area is 268 Å². The number of morpholine rings is 1. The fourth-order valence-corrected chi connectivity index (χ4v) is 7.86. The van der Waals surface area contributed by atoms with E-state index < -0.39 is 40.5 Å². The smallest absolute Gasteiger partial charge is 0.453 e. The Morgan fingerprint density at radius 3 is 2.41 bits per heavy atom. The lowest BCUT2D eigenvalue weighted by atomic mass is 9.89. The Bertz CT molecular complexity index is 1440. The number of sulfone groups is 1. The number of aromatic hydroxyl groups is 2. The minimum absolute atomic E-state index is 0.158. The lowest BCUT2D eigenvalue weighted by Gasteiger charge is -2.35. The highest BCUT2D eigenvalue weighted by molar-refractivity contribution is 7.91. The Balaban J connectivity index is 1.27. The molecule has 2 aromatic carbocycles. The molecule has 0 amide bonds. The quantitative estimate of drug-likeness (QED) is 0.148. The lowest BCUT2D eigenvalue weighted by molar-refractivity contribution is -0.284. The molecule has 6 nitrogen and oxygen atoms in total. The molecule has 0 spiro atoms. The van der Waals surface area contributed by atoms with Crippen LogP contribution in [0.3, 0.4) is 0 Å². The minimum Gasteiger partial charge on any atom is -0.508 e. The third-order valence-electron chi connectivity index (χ3n) is 8.94. The highest BCUT2D eigenvalue weighted by Crippen LogP contribution is 2.41. The number of rotatable bonds is 15. The molecule has 0 radical (unpaired) electrons. The number of unbranched alkanes of at least 4 members (excludes halogenated alkanes) is 3. The van der Waals surface area contributed by atoms with E-state index in [1.54, 1.807) is 18.2 Å². The first-order chi connectivity index (χ1) is 21.8. The summed E-state index contributed by atoms with van der Waals surface area (Å²) < 4.78 is 93.8. The number of halogens is 5. The Hall–Kier alpha value is -2.70. The minimum atomic E-state index is -5.69. The van der Waals surface area contributed by atoms with E-state index in [2.05, 4.69) is 4.90 Å². The van der Waals surface area contributed by atoms with Crippen LogP contribution < -0.4 is 0 Å². The van der Waals surface area contributed by atoms with Crippen LogP contribution in [-0.4, -0.2) is 79.5 Å². The molecule has 0 bridgehead atoms. The number of hydrogen-bond acceptors (Lipinski definition) is 6. The highest BCUT2D eigenvalue weighted by atomic mass is 32.2. The van der Waals surface area contributed by atoms with Crippen LogP contribution >= 0.6 is 0 Å². The summed E-state index contributed by atoms with van der Waals surface area (Å²) in [7, 11) is -3.78. The van der Waals surface area contributed by atoms with Crippen molar-refractivity contribution >= 4 is 21.0 Å². The van der Waals surface area contributed by atoms with Gasteiger partial charge in [0.2, 0.25) is 0 Å². The van der Waals surface area contributed by atoms with Crippen molar-refractivity contribution in [1.29, 1.82) is 0 Å². The maximum atomic E-state index is 13.2. The fraction of sp³-hybridized carbons (Fsp3) is 0.588. The van der Waals surface area contributed by atoms with E-state index in [-0.39, 0.29) is 29.7 Å². The summed E-state index contributed by atoms with van der Waals surface area (Å²) in [5.41, 5.74) is 5.75. The molecule has 4 rings (SSSR count). The maximum Gasteiger partial charge on any atom is 0.453 e. The van der Waals surface area contributed by atoms with Gasteiger partial charge in [-0.05, 0) is 110 Å². The van der Waals surface area contributed by atoms with E-state index in [1.807, 2.05) is 24.3 Å². The van der Waals surface area contributed by atoms with Crippen LogP contribution in [0.2, 0.25) is 0 Å². The van der Waals surface area contributed by atoms with Crippen LogP contribution in [0.15, 0.2) is 42.5 Å². The molecule has 2 N–H and O–H groups in total. The van der Waals surface area contributed by atoms with Gasteiger partial charge in [0.05, 0.1) is 24.7 Å². The SMILES string of the molecule is O=S(=O)(CCCC(F)(F)C(F)(F)F)CC[C@@H]1COCCN1CCCCCCC1=C(c2cccc(O)c2)CCCc2cc(O)ccc21. The number of alkyl halides is 5. The first-order valence-corrected chi connectivity index (χ1v) is 17.9. The Kier molecular flexibility index (Phi) is 12.5. The van der Waals surface area contributed by atoms with Crippen molar-refractivity contribution in [3.05, 3.63) is 59.2 Å². The number of ether oxygens (including phenoxy) is 1. The molecule has 2 aromatic rings. The number of nitrogens with zero attached hydrogens (tertiary/aromatic N) is 1. The Morgan fingerprint density at radius 2 is 1.65 bits per heavy atom. The van der Waals surface area contributed by atoms with Crippen LogP contribution in [0.1, 0.15) is 80.9 Å². The molecule has 46 heavy (non-hydrogen) atoms. The number of fused-ring (bicyclic) bond motifs is 1. The largest absolute Gasteiger partial charge is 0.508 e. The third kappa shape index (κ3) is 10.1. The molecule has 2 aliphatic rings. The van der Waals surface area contributed by atoms with Crippen molar-refractivity contribution in [3.8, 4) is 11.5 Å². The molecular weight excluding hydrogens is 629 g/mol. The summed E-state index contributed by atoms with van der Waals surface area (Å²) in [6, 6.07) is 12.7. The van der Waals surface area contributed by atoms with Crippen molar-refractivity contribution < 1.29 is 45.3 Å². The molecule has 0 aromatic heterocycles. The second-order valence-corrected chi connectivity index (χ2v) is 14.7. The van der Waals surface area contributed by atoms with Crippen molar-refractivity contribution in [1.82, 2.24) is 4.90 Å². The van der Waals surface area contributed by atoms with E-state index in [9.17, 15) is 40.6 Å². The zero-order chi connectivity index (χ0) is 33.4. The molecule has 0 saturated carbocycles. The third-order valence-corrected chi connectivity index (χ3v) is 10.7. The van der Waals surface area contributed by atoms with Crippen LogP contribution in [-0.2, 0) is 21.0 Å². The van der Waals surface area contributed by atoms with Crippen LogP contribution in [0, 0.1) is 0 Å². The summed E-state index contributed by atoms with van der Waals surface area (Å²) in [5, 5.41) is 20.2. The highest BCUT2D eigenvalue weighted by Gasteiger charge is 2.56. The number of benzene rings is 2. The average Bonchev–Trinajstić information content (AvgIpc) is 3.16. The van der Waals surface area contributed by atoms with E-state index in [1.165, 1.54) is 11.1 Å². The predicted molar refractivity (Wildman–Crippen MR) is 169 cm³/mol. The van der Waals surface area contributed by atoms with Crippen molar-refractivity contribution in [3.63, 3.8) is 0 Å². The molecule has 12 heteroatoms. The molecule has 256 valence electrons. The average molecular weight is 674 g/mol. The second kappa shape index (κ2) is 15.9. The van der Waals surface area contributed by atoms with Gasteiger partial charge < -0.3 is 14.9 Å². The maximum absolute atomic E-state index is 13.2. The number of aryl methyl sites for hydroxylation is 1. The molecule has 1 aliphatic carbocycles. The van der Waals surface area contributed by atoms with Crippen LogP contribution in [0.25, 0.3) is 11.1 Å². The van der Waals surface area contributed by atoms with E-state index in [4.69, 9.17) is 4.74 Å². The van der Waals surface area contributed by atoms with Gasteiger partial charge in [0.1, 0.15) is 21.3 Å². The van der Waals surface area contributed by atoms with Gasteiger partial charge in [0.15, 0.2) is 0 Å². The van der Waals surface area contributed by atoms with Gasteiger partial charge in [-0.15, -0.1) is 0 Å². The normalized spacial score (nSPS) is 18.4. The topological polar surface area (TPSA) is 87.1 Å². The summed E-state index contributed by atoms with van der Waals surface area (Å²) in [5.74, 6) is -5.41. The zero-order valence-electron chi connectivity index (χ0n) is 26.0. The van der Waals surface area contributed by atoms with Gasteiger partial charge in [-0.25, -0.2) is 8.42 Å². The van der Waals surface area contributed by atoms with Gasteiger partial charge in [0.25, 0.3) is 0 Å². The van der Waals surface area contributed by atoms with E-state index in [0.717, 1.165) is 74.6 Å². The summed E-state index contributed by atoms with van der Waals surface area (Å²) in [6.45, 7) is 2.27. The molecular formula is C34H44F5NO5S. The first kappa shape index (κ1) is 36.1. The standard InChI is InChI=1S/C34H44F5NO5S/c35-33(36,34(37,38)39)16-7-20-46(43,44)21-15-27-24-45-19-18-40(27)17-4-2-1-3-11-32-30(25-8-5-10-28(41)22-25)12-6-9-26-23-29(42)13-14-31(26)32/h5,8,10,13-14,22-23,27,41-42H,1-4,6-7,9,11-12,15-21,24H2/t27-/m1/s1. The van der Waals surface area contributed by atoms with Crippen LogP contribution in [0.5, 0.6) is 11.5 Å². The van der Waals surface area contributed by atoms with E-state index in [0.29, 0.717) is 19.8 Å². The lowest BCUT2D eigenvalue weighted by Crippen LogP contribution is -2.46. The van der Waals surface area contributed by atoms with E-state index >= 15 is 0 Å². The predicted octanol–water partition coefficient (Wildman–Crippen LogP) is 7.78. The zero-order valence-corrected chi connectivity index (χ0v) is 26.8. The van der Waals surface area contributed by atoms with Gasteiger partial charge >= 0.3 is 12.1 Å². The Morgan fingerprint density at radius 1 is 0.891 bits per heavy atom. The molecule has 0 unspecified atom stereocenters. The second-order valence-electron chi connectivity index (χ2n) is 12.4. The summed E-state index contributed by atoms with van der Waals surface area (Å²) in [4.78, 5) is 2.19. The molecule has 1 aliphatic heterocycles. The molecule has 1 fully saturated rings. The van der Waals surface area contributed by atoms with Crippen molar-refractivity contribution in [2.75, 3.05) is 37.8 Å². The fourth-order valence-electron chi connectivity index (χ4n) is 6.44. The number of allylic oxidation sites excluding steroid dienone is 2. The molecule has 1 saturated heterocycles. The number of phenols is 2. The van der Waals surface area contributed by atoms with Gasteiger partial charge in [-0.3, -0.25) is 4.90 Å². The monoisotopic (exact) mass is 673 g/mol. The molecule has 1 atom stereocenters. The first-order valence-electron chi connectivity index (χ1n) is 16.1. The van der Waals surface area contributed by atoms with Gasteiger partial charge in [0, 0.05) is 19.0 Å². The summed E-state index contributed by atoms with van der Waals surface area (Å²) in [6.07, 6.45) is -0.393. The van der Waals surface area contributed by atoms with Crippen molar-refractivity contribution in [2.24, 2.45) is 0 Å². The number of hydrogen-bond donors (Lipinski definition) is 2. The van der Waals surface area contributed by atoms with Crippen LogP contribution in [0.4, 0.5) is 22.0 Å². The molecule has 1 heterocycles.